The molecular formula is C27H26N2O. The van der Waals surface area contributed by atoms with Gasteiger partial charge in [-0.15, -0.1) is 0 Å². The van der Waals surface area contributed by atoms with Gasteiger partial charge in [-0.3, -0.25) is 4.79 Å². The highest BCUT2D eigenvalue weighted by atomic mass is 16.1. The van der Waals surface area contributed by atoms with Crippen molar-refractivity contribution in [3.63, 3.8) is 0 Å². The Kier molecular flexibility index (Phi) is 5.13. The summed E-state index contributed by atoms with van der Waals surface area (Å²) in [6.45, 7) is 10.2. The third-order valence-corrected chi connectivity index (χ3v) is 5.48. The van der Waals surface area contributed by atoms with Crippen LogP contribution >= 0.6 is 0 Å². The summed E-state index contributed by atoms with van der Waals surface area (Å²) in [7, 11) is 0. The molecule has 0 spiro atoms. The number of carbonyl (C=O) groups excluding carboxylic acids is 1. The Balaban J connectivity index is 1.89. The van der Waals surface area contributed by atoms with Crippen LogP contribution in [-0.2, 0) is 0 Å². The van der Waals surface area contributed by atoms with E-state index >= 15 is 0 Å². The van der Waals surface area contributed by atoms with E-state index in [1.807, 2.05) is 52.0 Å². The molecule has 150 valence electrons. The van der Waals surface area contributed by atoms with Gasteiger partial charge in [-0.1, -0.05) is 53.6 Å². The third-order valence-electron chi connectivity index (χ3n) is 5.48. The molecule has 0 fully saturated rings. The van der Waals surface area contributed by atoms with Crippen molar-refractivity contribution in [3.8, 4) is 11.3 Å². The molecule has 0 aliphatic heterocycles. The number of aromatic nitrogens is 1. The number of rotatable bonds is 3. The molecule has 0 atom stereocenters. The van der Waals surface area contributed by atoms with Crippen LogP contribution in [0.5, 0.6) is 0 Å². The number of pyridine rings is 1. The maximum Gasteiger partial charge on any atom is 0.256 e. The molecule has 1 amide bonds. The van der Waals surface area contributed by atoms with Crippen LogP contribution < -0.4 is 5.32 Å². The number of benzene rings is 3. The molecule has 0 aliphatic carbocycles. The highest BCUT2D eigenvalue weighted by molar-refractivity contribution is 6.13. The number of fused-ring (bicyclic) bond motifs is 1. The minimum absolute atomic E-state index is 0.116. The summed E-state index contributed by atoms with van der Waals surface area (Å²) < 4.78 is 0. The number of anilines is 1. The summed E-state index contributed by atoms with van der Waals surface area (Å²) in [5, 5.41) is 4.00. The second-order valence-corrected chi connectivity index (χ2v) is 8.17. The first-order valence-corrected chi connectivity index (χ1v) is 10.2. The lowest BCUT2D eigenvalue weighted by molar-refractivity contribution is 0.102. The van der Waals surface area contributed by atoms with E-state index in [0.29, 0.717) is 5.56 Å². The highest BCUT2D eigenvalue weighted by Gasteiger charge is 2.17. The van der Waals surface area contributed by atoms with E-state index in [9.17, 15) is 4.79 Å². The molecule has 30 heavy (non-hydrogen) atoms. The summed E-state index contributed by atoms with van der Waals surface area (Å²) >= 11 is 0. The SMILES string of the molecule is Cc1ccc(-c2cc(C(=O)Nc3cc(C)ccc3C)c3cc(C)cc(C)c3n2)cc1. The normalized spacial score (nSPS) is 11.0. The van der Waals surface area contributed by atoms with Crippen molar-refractivity contribution in [1.29, 1.82) is 0 Å². The van der Waals surface area contributed by atoms with Crippen molar-refractivity contribution in [1.82, 2.24) is 4.98 Å². The number of hydrogen-bond acceptors (Lipinski definition) is 2. The summed E-state index contributed by atoms with van der Waals surface area (Å²) in [6.07, 6.45) is 0. The molecule has 1 N–H and O–H groups in total. The van der Waals surface area contributed by atoms with E-state index in [0.717, 1.165) is 50.1 Å². The van der Waals surface area contributed by atoms with Crippen LogP contribution in [0.4, 0.5) is 5.69 Å². The van der Waals surface area contributed by atoms with Crippen molar-refractivity contribution in [2.45, 2.75) is 34.6 Å². The van der Waals surface area contributed by atoms with Gasteiger partial charge in [-0.2, -0.15) is 0 Å². The number of amides is 1. The first-order chi connectivity index (χ1) is 14.3. The van der Waals surface area contributed by atoms with Crippen molar-refractivity contribution in [2.24, 2.45) is 0 Å². The van der Waals surface area contributed by atoms with Gasteiger partial charge < -0.3 is 5.32 Å². The molecule has 3 heteroatoms. The van der Waals surface area contributed by atoms with Crippen LogP contribution in [0, 0.1) is 34.6 Å². The Morgan fingerprint density at radius 1 is 0.733 bits per heavy atom. The van der Waals surface area contributed by atoms with Gasteiger partial charge in [0.1, 0.15) is 0 Å². The molecule has 4 aromatic rings. The number of nitrogens with one attached hydrogen (secondary N) is 1. The summed E-state index contributed by atoms with van der Waals surface area (Å²) in [6, 6.07) is 20.4. The van der Waals surface area contributed by atoms with Crippen LogP contribution in [0.3, 0.4) is 0 Å². The third kappa shape index (κ3) is 3.84. The molecule has 3 aromatic carbocycles. The largest absolute Gasteiger partial charge is 0.322 e. The van der Waals surface area contributed by atoms with E-state index < -0.39 is 0 Å². The summed E-state index contributed by atoms with van der Waals surface area (Å²) in [4.78, 5) is 18.3. The smallest absolute Gasteiger partial charge is 0.256 e. The van der Waals surface area contributed by atoms with Gasteiger partial charge in [0.25, 0.3) is 5.91 Å². The number of carbonyl (C=O) groups is 1. The maximum absolute atomic E-state index is 13.4. The Hall–Kier alpha value is -3.46. The standard InChI is InChI=1S/C27H26N2O/c1-16-7-10-21(11-8-16)25-15-23(22-13-18(3)12-20(5)26(22)28-25)27(30)29-24-14-17(2)6-9-19(24)4/h6-15H,1-5H3,(H,29,30). The average molecular weight is 395 g/mol. The first kappa shape index (κ1) is 19.8. The Bertz CT molecular complexity index is 1270. The van der Waals surface area contributed by atoms with Crippen molar-refractivity contribution >= 4 is 22.5 Å². The molecule has 0 saturated carbocycles. The second-order valence-electron chi connectivity index (χ2n) is 8.17. The zero-order valence-electron chi connectivity index (χ0n) is 18.1. The summed E-state index contributed by atoms with van der Waals surface area (Å²) in [5.41, 5.74) is 9.69. The number of nitrogens with zero attached hydrogens (tertiary/aromatic N) is 1. The zero-order chi connectivity index (χ0) is 21.4. The Morgan fingerprint density at radius 3 is 2.17 bits per heavy atom. The van der Waals surface area contributed by atoms with Crippen molar-refractivity contribution < 1.29 is 4.79 Å². The molecule has 1 aromatic heterocycles. The molecule has 1 heterocycles. The van der Waals surface area contributed by atoms with E-state index in [2.05, 4.69) is 48.6 Å². The fourth-order valence-corrected chi connectivity index (χ4v) is 3.80. The van der Waals surface area contributed by atoms with Crippen LogP contribution in [-0.4, -0.2) is 10.9 Å². The molecule has 0 radical (unpaired) electrons. The molecule has 0 aliphatic rings. The van der Waals surface area contributed by atoms with Crippen molar-refractivity contribution in [3.05, 3.63) is 94.0 Å². The lowest BCUT2D eigenvalue weighted by Crippen LogP contribution is -2.14. The van der Waals surface area contributed by atoms with Crippen LogP contribution in [0.15, 0.2) is 60.7 Å². The van der Waals surface area contributed by atoms with Crippen molar-refractivity contribution in [2.75, 3.05) is 5.32 Å². The van der Waals surface area contributed by atoms with Gasteiger partial charge >= 0.3 is 0 Å². The fourth-order valence-electron chi connectivity index (χ4n) is 3.80. The quantitative estimate of drug-likeness (QED) is 0.420. The molecule has 3 nitrogen and oxygen atoms in total. The minimum atomic E-state index is -0.116. The van der Waals surface area contributed by atoms with Gasteiger partial charge in [0.2, 0.25) is 0 Å². The van der Waals surface area contributed by atoms with E-state index in [1.165, 1.54) is 5.56 Å². The molecular weight excluding hydrogens is 368 g/mol. The molecule has 0 unspecified atom stereocenters. The summed E-state index contributed by atoms with van der Waals surface area (Å²) in [5.74, 6) is -0.116. The molecule has 0 bridgehead atoms. The fraction of sp³-hybridized carbons (Fsp3) is 0.185. The highest BCUT2D eigenvalue weighted by Crippen LogP contribution is 2.29. The number of hydrogen-bond donors (Lipinski definition) is 1. The zero-order valence-corrected chi connectivity index (χ0v) is 18.1. The maximum atomic E-state index is 13.4. The van der Waals surface area contributed by atoms with E-state index in [1.54, 1.807) is 0 Å². The predicted molar refractivity (Wildman–Crippen MR) is 125 cm³/mol. The van der Waals surface area contributed by atoms with Gasteiger partial charge in [-0.05, 0) is 69.5 Å². The van der Waals surface area contributed by atoms with Gasteiger partial charge in [-0.25, -0.2) is 4.98 Å². The average Bonchev–Trinajstić information content (AvgIpc) is 2.70. The van der Waals surface area contributed by atoms with E-state index in [4.69, 9.17) is 4.98 Å². The van der Waals surface area contributed by atoms with Crippen LogP contribution in [0.25, 0.3) is 22.2 Å². The van der Waals surface area contributed by atoms with Crippen LogP contribution in [0.1, 0.15) is 38.2 Å². The Labute approximate surface area is 177 Å². The molecule has 0 saturated heterocycles. The van der Waals surface area contributed by atoms with Gasteiger partial charge in [0.15, 0.2) is 0 Å². The Morgan fingerprint density at radius 2 is 1.43 bits per heavy atom. The van der Waals surface area contributed by atoms with Gasteiger partial charge in [0, 0.05) is 16.6 Å². The minimum Gasteiger partial charge on any atom is -0.322 e. The first-order valence-electron chi connectivity index (χ1n) is 10.2. The second kappa shape index (κ2) is 7.75. The van der Waals surface area contributed by atoms with E-state index in [-0.39, 0.29) is 5.91 Å². The predicted octanol–water partition coefficient (Wildman–Crippen LogP) is 6.70. The topological polar surface area (TPSA) is 42.0 Å². The lowest BCUT2D eigenvalue weighted by atomic mass is 9.99. The lowest BCUT2D eigenvalue weighted by Gasteiger charge is -2.14. The molecule has 4 rings (SSSR count). The van der Waals surface area contributed by atoms with Crippen LogP contribution in [0.2, 0.25) is 0 Å². The monoisotopic (exact) mass is 394 g/mol. The number of aryl methyl sites for hydroxylation is 5. The van der Waals surface area contributed by atoms with Gasteiger partial charge in [0.05, 0.1) is 16.8 Å².